The Bertz CT molecular complexity index is 812. The predicted octanol–water partition coefficient (Wildman–Crippen LogP) is 2.77. The number of hydrogen-bond donors (Lipinski definition) is 1. The molecule has 0 saturated carbocycles. The molecule has 1 aromatic carbocycles. The number of carbonyl (C=O) groups excluding carboxylic acids is 3. The third-order valence-corrected chi connectivity index (χ3v) is 4.39. The number of benzene rings is 1. The van der Waals surface area contributed by atoms with Crippen molar-refractivity contribution in [2.45, 2.75) is 27.7 Å². The van der Waals surface area contributed by atoms with Crippen molar-refractivity contribution in [2.75, 3.05) is 20.3 Å². The summed E-state index contributed by atoms with van der Waals surface area (Å²) < 4.78 is 15.6. The van der Waals surface area contributed by atoms with Gasteiger partial charge in [-0.1, -0.05) is 12.1 Å². The molecule has 28 heavy (non-hydrogen) atoms. The zero-order valence-electron chi connectivity index (χ0n) is 16.8. The summed E-state index contributed by atoms with van der Waals surface area (Å²) in [7, 11) is 1.45. The molecule has 0 atom stereocenters. The molecule has 0 spiro atoms. The lowest BCUT2D eigenvalue weighted by molar-refractivity contribution is -0.139. The van der Waals surface area contributed by atoms with E-state index in [2.05, 4.69) is 5.32 Å². The average Bonchev–Trinajstić information content (AvgIpc) is 2.66. The van der Waals surface area contributed by atoms with Crippen LogP contribution in [-0.2, 0) is 19.1 Å². The summed E-state index contributed by atoms with van der Waals surface area (Å²) in [5, 5.41) is 3.00. The quantitative estimate of drug-likeness (QED) is 0.568. The first kappa shape index (κ1) is 21.2. The van der Waals surface area contributed by atoms with Crippen LogP contribution in [0.1, 0.15) is 38.1 Å². The standard InChI is InChI=1S/C21H25NO6/c1-6-27-20(24)16-12(3)22-13(4)17(21(25)28-7-2)18(16)19(23)14-10-8-9-11-15(14)26-5/h8-11,18,22H,6-7H2,1-5H3. The Kier molecular flexibility index (Phi) is 6.98. The summed E-state index contributed by atoms with van der Waals surface area (Å²) in [6.45, 7) is 6.97. The topological polar surface area (TPSA) is 90.9 Å². The van der Waals surface area contributed by atoms with Crippen molar-refractivity contribution in [1.29, 1.82) is 0 Å². The predicted molar refractivity (Wildman–Crippen MR) is 103 cm³/mol. The second-order valence-electron chi connectivity index (χ2n) is 6.14. The van der Waals surface area contributed by atoms with Gasteiger partial charge in [-0.15, -0.1) is 0 Å². The SMILES string of the molecule is CCOC(=O)C1=C(C)NC(C)=C(C(=O)OCC)C1C(=O)c1ccccc1OC. The summed E-state index contributed by atoms with van der Waals surface area (Å²) in [5.74, 6) is -2.56. The highest BCUT2D eigenvalue weighted by molar-refractivity contribution is 6.13. The van der Waals surface area contributed by atoms with Gasteiger partial charge in [0.25, 0.3) is 0 Å². The summed E-state index contributed by atoms with van der Waals surface area (Å²) >= 11 is 0. The Balaban J connectivity index is 2.66. The van der Waals surface area contributed by atoms with Crippen LogP contribution in [-0.4, -0.2) is 38.0 Å². The smallest absolute Gasteiger partial charge is 0.336 e. The van der Waals surface area contributed by atoms with Gasteiger partial charge in [-0.2, -0.15) is 0 Å². The van der Waals surface area contributed by atoms with Crippen LogP contribution in [0.15, 0.2) is 46.8 Å². The van der Waals surface area contributed by atoms with E-state index in [0.717, 1.165) is 0 Å². The van der Waals surface area contributed by atoms with E-state index in [1.165, 1.54) is 7.11 Å². The lowest BCUT2D eigenvalue weighted by Gasteiger charge is -2.29. The van der Waals surface area contributed by atoms with Crippen molar-refractivity contribution in [1.82, 2.24) is 5.32 Å². The van der Waals surface area contributed by atoms with Crippen LogP contribution in [0.2, 0.25) is 0 Å². The second-order valence-corrected chi connectivity index (χ2v) is 6.14. The van der Waals surface area contributed by atoms with Crippen LogP contribution in [0.5, 0.6) is 5.75 Å². The Morgan fingerprint density at radius 3 is 1.89 bits per heavy atom. The first-order chi connectivity index (χ1) is 13.4. The maximum absolute atomic E-state index is 13.5. The van der Waals surface area contributed by atoms with Gasteiger partial charge in [0.05, 0.1) is 43.0 Å². The van der Waals surface area contributed by atoms with Gasteiger partial charge in [0.2, 0.25) is 0 Å². The van der Waals surface area contributed by atoms with Crippen LogP contribution in [0.3, 0.4) is 0 Å². The first-order valence-electron chi connectivity index (χ1n) is 9.07. The van der Waals surface area contributed by atoms with Gasteiger partial charge in [0, 0.05) is 11.4 Å². The van der Waals surface area contributed by atoms with E-state index >= 15 is 0 Å². The van der Waals surface area contributed by atoms with Gasteiger partial charge in [-0.3, -0.25) is 4.79 Å². The molecule has 0 unspecified atom stereocenters. The molecule has 0 aromatic heterocycles. The third-order valence-electron chi connectivity index (χ3n) is 4.39. The number of carbonyl (C=O) groups is 3. The maximum Gasteiger partial charge on any atom is 0.336 e. The molecule has 0 bridgehead atoms. The summed E-state index contributed by atoms with van der Waals surface area (Å²) in [4.78, 5) is 38.8. The number of rotatable bonds is 7. The fourth-order valence-electron chi connectivity index (χ4n) is 3.22. The molecule has 7 heteroatoms. The number of allylic oxidation sites excluding steroid dienone is 2. The number of hydrogen-bond acceptors (Lipinski definition) is 7. The number of ether oxygens (including phenoxy) is 3. The monoisotopic (exact) mass is 387 g/mol. The molecule has 1 aromatic rings. The Hall–Kier alpha value is -3.09. The Labute approximate surface area is 164 Å². The number of esters is 2. The van der Waals surface area contributed by atoms with E-state index in [1.807, 2.05) is 0 Å². The molecule has 1 aliphatic rings. The van der Waals surface area contributed by atoms with E-state index in [-0.39, 0.29) is 29.9 Å². The van der Waals surface area contributed by atoms with Gasteiger partial charge < -0.3 is 19.5 Å². The number of para-hydroxylation sites is 1. The van der Waals surface area contributed by atoms with Gasteiger partial charge >= 0.3 is 11.9 Å². The van der Waals surface area contributed by atoms with Gasteiger partial charge in [0.1, 0.15) is 5.75 Å². The molecule has 0 fully saturated rings. The summed E-state index contributed by atoms with van der Waals surface area (Å²) in [6, 6.07) is 6.67. The largest absolute Gasteiger partial charge is 0.496 e. The molecule has 0 amide bonds. The van der Waals surface area contributed by atoms with Crippen LogP contribution in [0.25, 0.3) is 0 Å². The van der Waals surface area contributed by atoms with E-state index in [4.69, 9.17) is 14.2 Å². The minimum Gasteiger partial charge on any atom is -0.496 e. The zero-order chi connectivity index (χ0) is 20.8. The molecule has 0 radical (unpaired) electrons. The molecule has 1 aliphatic heterocycles. The highest BCUT2D eigenvalue weighted by Crippen LogP contribution is 2.35. The van der Waals surface area contributed by atoms with Crippen LogP contribution < -0.4 is 10.1 Å². The van der Waals surface area contributed by atoms with Crippen LogP contribution in [0, 0.1) is 5.92 Å². The summed E-state index contributed by atoms with van der Waals surface area (Å²) in [5.41, 5.74) is 1.36. The first-order valence-corrected chi connectivity index (χ1v) is 9.07. The molecule has 0 saturated heterocycles. The minimum atomic E-state index is -1.16. The fourth-order valence-corrected chi connectivity index (χ4v) is 3.22. The number of Topliss-reactive ketones (excluding diaryl/α,β-unsaturated/α-hetero) is 1. The van der Waals surface area contributed by atoms with Gasteiger partial charge in [-0.25, -0.2) is 9.59 Å². The van der Waals surface area contributed by atoms with E-state index < -0.39 is 23.6 Å². The van der Waals surface area contributed by atoms with E-state index in [9.17, 15) is 14.4 Å². The van der Waals surface area contributed by atoms with Crippen molar-refractivity contribution in [3.05, 3.63) is 52.4 Å². The highest BCUT2D eigenvalue weighted by Gasteiger charge is 2.42. The third kappa shape index (κ3) is 4.08. The maximum atomic E-state index is 13.5. The Morgan fingerprint density at radius 2 is 1.43 bits per heavy atom. The number of dihydropyridines is 1. The Morgan fingerprint density at radius 1 is 0.929 bits per heavy atom. The molecular weight excluding hydrogens is 362 g/mol. The van der Waals surface area contributed by atoms with Crippen molar-refractivity contribution < 1.29 is 28.6 Å². The molecule has 1 N–H and O–H groups in total. The highest BCUT2D eigenvalue weighted by atomic mass is 16.5. The van der Waals surface area contributed by atoms with Gasteiger partial charge in [0.15, 0.2) is 5.78 Å². The molecule has 2 rings (SSSR count). The number of methoxy groups -OCH3 is 1. The van der Waals surface area contributed by atoms with Crippen molar-refractivity contribution in [3.8, 4) is 5.75 Å². The average molecular weight is 387 g/mol. The lowest BCUT2D eigenvalue weighted by atomic mass is 9.80. The lowest BCUT2D eigenvalue weighted by Crippen LogP contribution is -2.37. The van der Waals surface area contributed by atoms with Gasteiger partial charge in [-0.05, 0) is 39.8 Å². The number of nitrogens with one attached hydrogen (secondary N) is 1. The van der Waals surface area contributed by atoms with Crippen molar-refractivity contribution in [2.24, 2.45) is 5.92 Å². The van der Waals surface area contributed by atoms with Crippen molar-refractivity contribution in [3.63, 3.8) is 0 Å². The normalized spacial score (nSPS) is 14.5. The van der Waals surface area contributed by atoms with E-state index in [1.54, 1.807) is 52.0 Å². The molecule has 0 aliphatic carbocycles. The molecule has 7 nitrogen and oxygen atoms in total. The van der Waals surface area contributed by atoms with Crippen LogP contribution in [0.4, 0.5) is 0 Å². The molecule has 1 heterocycles. The minimum absolute atomic E-state index is 0.0893. The zero-order valence-corrected chi connectivity index (χ0v) is 16.8. The molecule has 150 valence electrons. The fraction of sp³-hybridized carbons (Fsp3) is 0.381. The summed E-state index contributed by atoms with van der Waals surface area (Å²) in [6.07, 6.45) is 0. The molecular formula is C21H25NO6. The van der Waals surface area contributed by atoms with Crippen molar-refractivity contribution >= 4 is 17.7 Å². The van der Waals surface area contributed by atoms with Crippen LogP contribution >= 0.6 is 0 Å². The number of ketones is 1. The van der Waals surface area contributed by atoms with E-state index in [0.29, 0.717) is 17.1 Å². The second kappa shape index (κ2) is 9.21.